The maximum Gasteiger partial charge on any atom is 0.349 e. The van der Waals surface area contributed by atoms with Crippen LogP contribution in [0.15, 0.2) is 11.4 Å². The minimum Gasteiger partial charge on any atom is -0.448 e. The van der Waals surface area contributed by atoms with E-state index in [4.69, 9.17) is 10.5 Å². The van der Waals surface area contributed by atoms with Gasteiger partial charge >= 0.3 is 12.0 Å². The average Bonchev–Trinajstić information content (AvgIpc) is 2.70. The average molecular weight is 284 g/mol. The molecule has 1 rings (SSSR count). The predicted octanol–water partition coefficient (Wildman–Crippen LogP) is 1.43. The van der Waals surface area contributed by atoms with Crippen molar-refractivity contribution in [1.82, 2.24) is 5.32 Å². The summed E-state index contributed by atoms with van der Waals surface area (Å²) < 4.78 is 5.15. The number of hydrogen-bond donors (Lipinski definition) is 2. The third kappa shape index (κ3) is 4.06. The van der Waals surface area contributed by atoms with Crippen molar-refractivity contribution in [2.75, 3.05) is 0 Å². The topological polar surface area (TPSA) is 98.5 Å². The first-order valence-electron chi connectivity index (χ1n) is 5.68. The zero-order valence-corrected chi connectivity index (χ0v) is 11.7. The number of primary amides is 1. The van der Waals surface area contributed by atoms with Crippen molar-refractivity contribution in [3.05, 3.63) is 21.9 Å². The quantitative estimate of drug-likeness (QED) is 0.817. The van der Waals surface area contributed by atoms with E-state index in [0.29, 0.717) is 4.88 Å². The van der Waals surface area contributed by atoms with Crippen LogP contribution in [-0.2, 0) is 9.53 Å². The number of imide groups is 1. The van der Waals surface area contributed by atoms with Crippen molar-refractivity contribution in [2.24, 2.45) is 11.7 Å². The van der Waals surface area contributed by atoms with Crippen LogP contribution in [-0.4, -0.2) is 24.0 Å². The molecular weight excluding hydrogens is 268 g/mol. The number of urea groups is 1. The molecular formula is C12H16N2O4S. The largest absolute Gasteiger partial charge is 0.448 e. The Morgan fingerprint density at radius 1 is 1.37 bits per heavy atom. The highest BCUT2D eigenvalue weighted by Crippen LogP contribution is 2.19. The molecule has 0 saturated carbocycles. The summed E-state index contributed by atoms with van der Waals surface area (Å²) in [7, 11) is 0. The number of carbonyl (C=O) groups is 3. The normalized spacial score (nSPS) is 12.0. The lowest BCUT2D eigenvalue weighted by molar-refractivity contribution is -0.130. The van der Waals surface area contributed by atoms with Gasteiger partial charge in [0.1, 0.15) is 4.88 Å². The van der Waals surface area contributed by atoms with Gasteiger partial charge in [0, 0.05) is 0 Å². The summed E-state index contributed by atoms with van der Waals surface area (Å²) in [6.07, 6.45) is -1.05. The molecule has 0 aliphatic heterocycles. The van der Waals surface area contributed by atoms with Crippen LogP contribution in [0.3, 0.4) is 0 Å². The lowest BCUT2D eigenvalue weighted by Gasteiger charge is -2.19. The van der Waals surface area contributed by atoms with E-state index in [1.54, 1.807) is 32.2 Å². The summed E-state index contributed by atoms with van der Waals surface area (Å²) in [6, 6.07) is 0.814. The zero-order chi connectivity index (χ0) is 14.6. The first-order valence-corrected chi connectivity index (χ1v) is 6.56. The fourth-order valence-corrected chi connectivity index (χ4v) is 2.24. The molecule has 1 atom stereocenters. The molecule has 0 spiro atoms. The van der Waals surface area contributed by atoms with E-state index in [0.717, 1.165) is 5.56 Å². The third-order valence-electron chi connectivity index (χ3n) is 2.39. The summed E-state index contributed by atoms with van der Waals surface area (Å²) in [6.45, 7) is 5.19. The Labute approximate surface area is 114 Å². The van der Waals surface area contributed by atoms with E-state index >= 15 is 0 Å². The Kier molecular flexibility index (Phi) is 5.05. The van der Waals surface area contributed by atoms with Gasteiger partial charge < -0.3 is 10.5 Å². The van der Waals surface area contributed by atoms with Crippen molar-refractivity contribution in [3.63, 3.8) is 0 Å². The smallest absolute Gasteiger partial charge is 0.349 e. The number of nitrogens with one attached hydrogen (secondary N) is 1. The Balaban J connectivity index is 2.80. The number of thiophene rings is 1. The summed E-state index contributed by atoms with van der Waals surface area (Å²) >= 11 is 1.24. The third-order valence-corrected chi connectivity index (χ3v) is 3.39. The van der Waals surface area contributed by atoms with Crippen molar-refractivity contribution in [3.8, 4) is 0 Å². The Bertz CT molecular complexity index is 496. The molecule has 0 aromatic carbocycles. The van der Waals surface area contributed by atoms with Gasteiger partial charge in [-0.3, -0.25) is 10.1 Å². The number of esters is 1. The molecule has 3 amide bonds. The van der Waals surface area contributed by atoms with Gasteiger partial charge in [0.2, 0.25) is 0 Å². The molecule has 0 saturated heterocycles. The van der Waals surface area contributed by atoms with Gasteiger partial charge in [-0.2, -0.15) is 0 Å². The van der Waals surface area contributed by atoms with Crippen molar-refractivity contribution >= 4 is 29.2 Å². The van der Waals surface area contributed by atoms with Gasteiger partial charge in [0.15, 0.2) is 6.10 Å². The molecule has 0 aliphatic rings. The van der Waals surface area contributed by atoms with Crippen molar-refractivity contribution < 1.29 is 19.1 Å². The molecule has 7 heteroatoms. The van der Waals surface area contributed by atoms with Crippen LogP contribution in [0.2, 0.25) is 0 Å². The van der Waals surface area contributed by atoms with Crippen molar-refractivity contribution in [1.29, 1.82) is 0 Å². The Morgan fingerprint density at radius 3 is 2.42 bits per heavy atom. The molecule has 0 bridgehead atoms. The second-order valence-corrected chi connectivity index (χ2v) is 5.27. The number of nitrogens with two attached hydrogens (primary N) is 1. The number of amides is 3. The van der Waals surface area contributed by atoms with E-state index in [-0.39, 0.29) is 5.92 Å². The molecule has 1 heterocycles. The van der Waals surface area contributed by atoms with Gasteiger partial charge in [-0.15, -0.1) is 11.3 Å². The van der Waals surface area contributed by atoms with Crippen LogP contribution >= 0.6 is 11.3 Å². The highest BCUT2D eigenvalue weighted by Gasteiger charge is 2.28. The van der Waals surface area contributed by atoms with Gasteiger partial charge in [-0.05, 0) is 29.9 Å². The maximum atomic E-state index is 11.9. The van der Waals surface area contributed by atoms with Gasteiger partial charge in [-0.1, -0.05) is 13.8 Å². The predicted molar refractivity (Wildman–Crippen MR) is 70.8 cm³/mol. The number of rotatable bonds is 4. The van der Waals surface area contributed by atoms with Crippen LogP contribution in [0, 0.1) is 12.8 Å². The standard InChI is InChI=1S/C12H16N2O4S/c1-6(2)8(10(15)14-12(13)17)18-11(16)9-7(3)4-5-19-9/h4-6,8H,1-3H3,(H3,13,14,15,17)/t8-/m0/s1. The van der Waals surface area contributed by atoms with Crippen LogP contribution < -0.4 is 11.1 Å². The van der Waals surface area contributed by atoms with E-state index < -0.39 is 24.0 Å². The molecule has 0 fully saturated rings. The number of ether oxygens (including phenoxy) is 1. The fraction of sp³-hybridized carbons (Fsp3) is 0.417. The molecule has 104 valence electrons. The first-order chi connectivity index (χ1) is 8.82. The molecule has 1 aromatic rings. The van der Waals surface area contributed by atoms with E-state index in [9.17, 15) is 14.4 Å². The second kappa shape index (κ2) is 6.33. The molecule has 3 N–H and O–H groups in total. The minimum atomic E-state index is -1.05. The van der Waals surface area contributed by atoms with Gasteiger partial charge in [0.25, 0.3) is 5.91 Å². The number of aryl methyl sites for hydroxylation is 1. The summed E-state index contributed by atoms with van der Waals surface area (Å²) in [5.41, 5.74) is 5.66. The highest BCUT2D eigenvalue weighted by molar-refractivity contribution is 7.12. The zero-order valence-electron chi connectivity index (χ0n) is 10.9. The summed E-state index contributed by atoms with van der Waals surface area (Å²) in [5.74, 6) is -1.57. The lowest BCUT2D eigenvalue weighted by Crippen LogP contribution is -2.45. The Morgan fingerprint density at radius 2 is 2.00 bits per heavy atom. The molecule has 19 heavy (non-hydrogen) atoms. The number of carbonyl (C=O) groups excluding carboxylic acids is 3. The molecule has 0 aliphatic carbocycles. The monoisotopic (exact) mass is 284 g/mol. The second-order valence-electron chi connectivity index (χ2n) is 4.36. The fourth-order valence-electron chi connectivity index (χ4n) is 1.44. The molecule has 1 aromatic heterocycles. The van der Waals surface area contributed by atoms with Crippen LogP contribution in [0.25, 0.3) is 0 Å². The van der Waals surface area contributed by atoms with E-state index in [2.05, 4.69) is 0 Å². The van der Waals surface area contributed by atoms with E-state index in [1.165, 1.54) is 11.3 Å². The summed E-state index contributed by atoms with van der Waals surface area (Å²) in [4.78, 5) is 34.7. The molecule has 0 radical (unpaired) electrons. The van der Waals surface area contributed by atoms with Crippen molar-refractivity contribution in [2.45, 2.75) is 26.9 Å². The maximum absolute atomic E-state index is 11.9. The SMILES string of the molecule is Cc1ccsc1C(=O)O[C@H](C(=O)NC(N)=O)C(C)C. The van der Waals surface area contributed by atoms with Crippen LogP contribution in [0.4, 0.5) is 4.79 Å². The van der Waals surface area contributed by atoms with Crippen LogP contribution in [0.5, 0.6) is 0 Å². The molecule has 0 unspecified atom stereocenters. The Hall–Kier alpha value is -1.89. The van der Waals surface area contributed by atoms with E-state index in [1.807, 2.05) is 5.32 Å². The first kappa shape index (κ1) is 15.2. The lowest BCUT2D eigenvalue weighted by atomic mass is 10.1. The number of hydrogen-bond acceptors (Lipinski definition) is 5. The highest BCUT2D eigenvalue weighted by atomic mass is 32.1. The van der Waals surface area contributed by atoms with Crippen LogP contribution in [0.1, 0.15) is 29.1 Å². The molecule has 6 nitrogen and oxygen atoms in total. The summed E-state index contributed by atoms with van der Waals surface area (Å²) in [5, 5.41) is 3.68. The van der Waals surface area contributed by atoms with Gasteiger partial charge in [-0.25, -0.2) is 9.59 Å². The van der Waals surface area contributed by atoms with Gasteiger partial charge in [0.05, 0.1) is 0 Å². The minimum absolute atomic E-state index is 0.274.